The number of phenols is 1. The van der Waals surface area contributed by atoms with E-state index < -0.39 is 17.3 Å². The van der Waals surface area contributed by atoms with E-state index in [2.05, 4.69) is 5.10 Å². The highest BCUT2D eigenvalue weighted by atomic mass is 19.1. The number of carbonyl (C=O) groups is 1. The van der Waals surface area contributed by atoms with Gasteiger partial charge in [-0.25, -0.2) is 13.9 Å². The summed E-state index contributed by atoms with van der Waals surface area (Å²) < 4.78 is 20.8. The summed E-state index contributed by atoms with van der Waals surface area (Å²) in [6.45, 7) is 0.652. The summed E-state index contributed by atoms with van der Waals surface area (Å²) in [4.78, 5) is 11.2. The molecule has 7 heteroatoms. The number of hydrogen-bond acceptors (Lipinski definition) is 4. The number of carboxylic acids is 1. The lowest BCUT2D eigenvalue weighted by Crippen LogP contribution is -2.25. The van der Waals surface area contributed by atoms with Crippen LogP contribution in [0.25, 0.3) is 22.2 Å². The molecule has 1 aromatic heterocycles. The van der Waals surface area contributed by atoms with Crippen LogP contribution in [0.1, 0.15) is 23.0 Å². The third-order valence-corrected chi connectivity index (χ3v) is 4.11. The zero-order chi connectivity index (χ0) is 16.8. The van der Waals surface area contributed by atoms with Crippen LogP contribution in [-0.2, 0) is 4.74 Å². The average molecular weight is 328 g/mol. The summed E-state index contributed by atoms with van der Waals surface area (Å²) in [7, 11) is 0. The van der Waals surface area contributed by atoms with E-state index in [9.17, 15) is 14.3 Å². The second kappa shape index (κ2) is 5.31. The van der Waals surface area contributed by atoms with Crippen LogP contribution < -0.4 is 0 Å². The van der Waals surface area contributed by atoms with Crippen molar-refractivity contribution in [1.29, 1.82) is 0 Å². The lowest BCUT2D eigenvalue weighted by atomic mass is 10.0. The number of aromatic carboxylic acids is 1. The molecule has 0 radical (unpaired) electrons. The molecule has 1 fully saturated rings. The maximum absolute atomic E-state index is 13.6. The first kappa shape index (κ1) is 14.6. The molecule has 1 aliphatic rings. The molecule has 2 N–H and O–H groups in total. The van der Waals surface area contributed by atoms with E-state index in [0.29, 0.717) is 23.3 Å². The van der Waals surface area contributed by atoms with Crippen molar-refractivity contribution in [3.8, 4) is 17.0 Å². The van der Waals surface area contributed by atoms with E-state index in [-0.39, 0.29) is 12.0 Å². The number of aromatic nitrogens is 2. The van der Waals surface area contributed by atoms with Gasteiger partial charge < -0.3 is 14.9 Å². The van der Waals surface area contributed by atoms with E-state index in [1.807, 2.05) is 0 Å². The first-order valence-corrected chi connectivity index (χ1v) is 7.40. The molecule has 122 valence electrons. The van der Waals surface area contributed by atoms with Gasteiger partial charge >= 0.3 is 5.97 Å². The highest BCUT2D eigenvalue weighted by Gasteiger charge is 2.25. The van der Waals surface area contributed by atoms with Gasteiger partial charge in [-0.15, -0.1) is 0 Å². The second-order valence-corrected chi connectivity index (χ2v) is 5.61. The molecule has 2 aromatic carbocycles. The van der Waals surface area contributed by atoms with E-state index in [0.717, 1.165) is 18.0 Å². The molecule has 0 saturated carbocycles. The Morgan fingerprint density at radius 1 is 1.29 bits per heavy atom. The lowest BCUT2D eigenvalue weighted by molar-refractivity contribution is -0.104. The van der Waals surface area contributed by atoms with Crippen LogP contribution in [0.5, 0.6) is 5.75 Å². The van der Waals surface area contributed by atoms with Crippen molar-refractivity contribution >= 4 is 16.9 Å². The highest BCUT2D eigenvalue weighted by Crippen LogP contribution is 2.35. The molecule has 6 nitrogen and oxygen atoms in total. The van der Waals surface area contributed by atoms with E-state index in [1.165, 1.54) is 12.1 Å². The monoisotopic (exact) mass is 328 g/mol. The number of phenolic OH excluding ortho intramolecular Hbond substituents is 1. The largest absolute Gasteiger partial charge is 0.508 e. The number of hydrogen-bond donors (Lipinski definition) is 2. The van der Waals surface area contributed by atoms with Crippen LogP contribution >= 0.6 is 0 Å². The Hall–Kier alpha value is -2.93. The number of benzene rings is 2. The molecule has 4 rings (SSSR count). The number of ether oxygens (including phenoxy) is 1. The molecule has 1 saturated heterocycles. The SMILES string of the molecule is O=C(O)c1cc(-c2nn(C3CCO3)c3ccc(O)cc23)ccc1F. The van der Waals surface area contributed by atoms with Crippen LogP contribution in [-0.4, -0.2) is 32.6 Å². The van der Waals surface area contributed by atoms with Gasteiger partial charge in [-0.05, 0) is 36.4 Å². The summed E-state index contributed by atoms with van der Waals surface area (Å²) in [5.74, 6) is -2.08. The van der Waals surface area contributed by atoms with Gasteiger partial charge in [-0.1, -0.05) is 0 Å². The molecule has 1 aliphatic heterocycles. The Morgan fingerprint density at radius 3 is 2.75 bits per heavy atom. The molecular weight excluding hydrogens is 315 g/mol. The number of nitrogens with zero attached hydrogens (tertiary/aromatic N) is 2. The maximum atomic E-state index is 13.6. The third-order valence-electron chi connectivity index (χ3n) is 4.11. The summed E-state index contributed by atoms with van der Waals surface area (Å²) in [6, 6.07) is 8.65. The molecule has 1 atom stereocenters. The Balaban J connectivity index is 1.94. The van der Waals surface area contributed by atoms with Gasteiger partial charge in [-0.2, -0.15) is 5.10 Å². The van der Waals surface area contributed by atoms with Crippen LogP contribution in [0, 0.1) is 5.82 Å². The van der Waals surface area contributed by atoms with Gasteiger partial charge in [0.05, 0.1) is 17.7 Å². The Kier molecular flexibility index (Phi) is 3.24. The summed E-state index contributed by atoms with van der Waals surface area (Å²) >= 11 is 0. The molecule has 0 amide bonds. The zero-order valence-corrected chi connectivity index (χ0v) is 12.4. The van der Waals surface area contributed by atoms with E-state index >= 15 is 0 Å². The van der Waals surface area contributed by atoms with Crippen molar-refractivity contribution in [2.24, 2.45) is 0 Å². The summed E-state index contributed by atoms with van der Waals surface area (Å²) in [6.07, 6.45) is 0.631. The van der Waals surface area contributed by atoms with Crippen LogP contribution in [0.4, 0.5) is 4.39 Å². The van der Waals surface area contributed by atoms with Crippen molar-refractivity contribution in [3.05, 3.63) is 47.8 Å². The fourth-order valence-corrected chi connectivity index (χ4v) is 2.81. The topological polar surface area (TPSA) is 84.6 Å². The fourth-order valence-electron chi connectivity index (χ4n) is 2.81. The fraction of sp³-hybridized carbons (Fsp3) is 0.176. The molecule has 0 aliphatic carbocycles. The number of halogens is 1. The van der Waals surface area contributed by atoms with Crippen molar-refractivity contribution in [3.63, 3.8) is 0 Å². The molecule has 24 heavy (non-hydrogen) atoms. The molecule has 0 spiro atoms. The molecule has 3 aromatic rings. The van der Waals surface area contributed by atoms with Gasteiger partial charge in [0.1, 0.15) is 17.3 Å². The van der Waals surface area contributed by atoms with Crippen molar-refractivity contribution in [1.82, 2.24) is 9.78 Å². The van der Waals surface area contributed by atoms with Gasteiger partial charge in [-0.3, -0.25) is 0 Å². The quantitative estimate of drug-likeness (QED) is 0.771. The minimum absolute atomic E-state index is 0.0680. The number of aromatic hydroxyl groups is 1. The lowest BCUT2D eigenvalue weighted by Gasteiger charge is -2.27. The smallest absolute Gasteiger partial charge is 0.338 e. The first-order chi connectivity index (χ1) is 11.5. The van der Waals surface area contributed by atoms with E-state index in [4.69, 9.17) is 9.84 Å². The first-order valence-electron chi connectivity index (χ1n) is 7.40. The number of carboxylic acid groups (broad SMARTS) is 1. The van der Waals surface area contributed by atoms with Gasteiger partial charge in [0.2, 0.25) is 0 Å². The summed E-state index contributed by atoms with van der Waals surface area (Å²) in [5.41, 5.74) is 1.27. The zero-order valence-electron chi connectivity index (χ0n) is 12.4. The molecular formula is C17H13FN2O4. The minimum Gasteiger partial charge on any atom is -0.508 e. The maximum Gasteiger partial charge on any atom is 0.338 e. The molecule has 1 unspecified atom stereocenters. The Labute approximate surface area is 135 Å². The predicted octanol–water partition coefficient (Wildman–Crippen LogP) is 3.17. The van der Waals surface area contributed by atoms with Crippen LogP contribution in [0.3, 0.4) is 0 Å². The third kappa shape index (κ3) is 2.21. The second-order valence-electron chi connectivity index (χ2n) is 5.61. The van der Waals surface area contributed by atoms with Crippen LogP contribution in [0.15, 0.2) is 36.4 Å². The van der Waals surface area contributed by atoms with Gasteiger partial charge in [0.25, 0.3) is 0 Å². The average Bonchev–Trinajstić information content (AvgIpc) is 2.84. The summed E-state index contributed by atoms with van der Waals surface area (Å²) in [5, 5.41) is 24.1. The standard InChI is InChI=1S/C17H13FN2O4/c18-13-3-1-9(7-11(13)17(22)23)16-12-8-10(21)2-4-14(12)20(19-16)15-5-6-24-15/h1-4,7-8,15,21H,5-6H2,(H,22,23). The van der Waals surface area contributed by atoms with Crippen molar-refractivity contribution in [2.75, 3.05) is 6.61 Å². The molecule has 0 bridgehead atoms. The van der Waals surface area contributed by atoms with Crippen molar-refractivity contribution in [2.45, 2.75) is 12.6 Å². The number of fused-ring (bicyclic) bond motifs is 1. The minimum atomic E-state index is -1.34. The normalized spacial score (nSPS) is 17.0. The van der Waals surface area contributed by atoms with Gasteiger partial charge in [0.15, 0.2) is 6.23 Å². The van der Waals surface area contributed by atoms with Crippen LogP contribution in [0.2, 0.25) is 0 Å². The Morgan fingerprint density at radius 2 is 2.08 bits per heavy atom. The van der Waals surface area contributed by atoms with E-state index in [1.54, 1.807) is 22.9 Å². The van der Waals surface area contributed by atoms with Crippen molar-refractivity contribution < 1.29 is 24.1 Å². The number of rotatable bonds is 3. The predicted molar refractivity (Wildman–Crippen MR) is 83.4 cm³/mol. The van der Waals surface area contributed by atoms with Gasteiger partial charge in [0, 0.05) is 17.4 Å². The molecule has 2 heterocycles. The Bertz CT molecular complexity index is 963. The highest BCUT2D eigenvalue weighted by molar-refractivity contribution is 5.96.